The molecule has 0 radical (unpaired) electrons. The minimum Gasteiger partial charge on any atom is -0.467 e. The summed E-state index contributed by atoms with van der Waals surface area (Å²) in [6, 6.07) is 2.06. The van der Waals surface area contributed by atoms with Crippen molar-refractivity contribution in [1.29, 1.82) is 0 Å². The quantitative estimate of drug-likeness (QED) is 0.631. The van der Waals surface area contributed by atoms with Gasteiger partial charge in [-0.05, 0) is 13.0 Å². The molecule has 0 aliphatic carbocycles. The SMILES string of the molecule is COc1nccc(NC(C)N)n1. The van der Waals surface area contributed by atoms with Gasteiger partial charge in [0.1, 0.15) is 5.82 Å². The normalized spacial score (nSPS) is 12.2. The van der Waals surface area contributed by atoms with Crippen molar-refractivity contribution in [2.75, 3.05) is 12.4 Å². The minimum absolute atomic E-state index is 0.135. The highest BCUT2D eigenvalue weighted by molar-refractivity contribution is 5.34. The number of anilines is 1. The number of methoxy groups -OCH3 is 1. The number of nitrogens with two attached hydrogens (primary N) is 1. The van der Waals surface area contributed by atoms with Crippen LogP contribution in [0, 0.1) is 0 Å². The fourth-order valence-corrected chi connectivity index (χ4v) is 0.753. The highest BCUT2D eigenvalue weighted by Gasteiger charge is 1.98. The van der Waals surface area contributed by atoms with Gasteiger partial charge in [0.25, 0.3) is 0 Å². The summed E-state index contributed by atoms with van der Waals surface area (Å²) in [5.41, 5.74) is 5.50. The Morgan fingerprint density at radius 1 is 1.67 bits per heavy atom. The molecule has 5 heteroatoms. The van der Waals surface area contributed by atoms with Crippen LogP contribution in [0.15, 0.2) is 12.3 Å². The molecule has 0 fully saturated rings. The molecule has 1 aromatic heterocycles. The molecule has 0 aliphatic rings. The topological polar surface area (TPSA) is 73.1 Å². The first-order valence-electron chi connectivity index (χ1n) is 3.61. The van der Waals surface area contributed by atoms with Crippen LogP contribution in [0.4, 0.5) is 5.82 Å². The van der Waals surface area contributed by atoms with Gasteiger partial charge in [0, 0.05) is 6.20 Å². The van der Waals surface area contributed by atoms with Gasteiger partial charge in [0.15, 0.2) is 0 Å². The van der Waals surface area contributed by atoms with E-state index in [9.17, 15) is 0 Å². The zero-order valence-electron chi connectivity index (χ0n) is 7.11. The molecule has 5 nitrogen and oxygen atoms in total. The van der Waals surface area contributed by atoms with E-state index < -0.39 is 0 Å². The summed E-state index contributed by atoms with van der Waals surface area (Å²) in [4.78, 5) is 7.86. The average molecular weight is 168 g/mol. The van der Waals surface area contributed by atoms with Gasteiger partial charge in [0.2, 0.25) is 0 Å². The molecule has 0 saturated heterocycles. The summed E-state index contributed by atoms with van der Waals surface area (Å²) >= 11 is 0. The third-order valence-electron chi connectivity index (χ3n) is 1.19. The highest BCUT2D eigenvalue weighted by Crippen LogP contribution is 2.06. The molecule has 0 aliphatic heterocycles. The fourth-order valence-electron chi connectivity index (χ4n) is 0.753. The molecule has 1 rings (SSSR count). The Kier molecular flexibility index (Phi) is 2.82. The molecule has 0 bridgehead atoms. The predicted octanol–water partition coefficient (Wildman–Crippen LogP) is 0.202. The van der Waals surface area contributed by atoms with E-state index in [4.69, 9.17) is 10.5 Å². The van der Waals surface area contributed by atoms with Crippen molar-refractivity contribution in [2.45, 2.75) is 13.1 Å². The lowest BCUT2D eigenvalue weighted by molar-refractivity contribution is 0.380. The highest BCUT2D eigenvalue weighted by atomic mass is 16.5. The number of rotatable bonds is 3. The van der Waals surface area contributed by atoms with Crippen molar-refractivity contribution in [1.82, 2.24) is 9.97 Å². The van der Waals surface area contributed by atoms with Gasteiger partial charge in [-0.1, -0.05) is 0 Å². The summed E-state index contributed by atoms with van der Waals surface area (Å²) < 4.78 is 4.83. The van der Waals surface area contributed by atoms with Gasteiger partial charge in [-0.3, -0.25) is 0 Å². The third kappa shape index (κ3) is 2.35. The largest absolute Gasteiger partial charge is 0.467 e. The van der Waals surface area contributed by atoms with Crippen molar-refractivity contribution in [2.24, 2.45) is 5.73 Å². The number of hydrogen-bond acceptors (Lipinski definition) is 5. The molecule has 3 N–H and O–H groups in total. The van der Waals surface area contributed by atoms with E-state index in [1.807, 2.05) is 6.92 Å². The van der Waals surface area contributed by atoms with Crippen LogP contribution in [-0.4, -0.2) is 23.2 Å². The fraction of sp³-hybridized carbons (Fsp3) is 0.429. The van der Waals surface area contributed by atoms with Crippen LogP contribution in [0.3, 0.4) is 0 Å². The molecule has 12 heavy (non-hydrogen) atoms. The maximum absolute atomic E-state index is 5.50. The molecular formula is C7H12N4O. The number of aromatic nitrogens is 2. The molecule has 0 aromatic carbocycles. The Bertz CT molecular complexity index is 251. The van der Waals surface area contributed by atoms with Crippen LogP contribution in [0.1, 0.15) is 6.92 Å². The number of hydrogen-bond donors (Lipinski definition) is 2. The monoisotopic (exact) mass is 168 g/mol. The van der Waals surface area contributed by atoms with Gasteiger partial charge in [-0.25, -0.2) is 4.98 Å². The Balaban J connectivity index is 2.72. The van der Waals surface area contributed by atoms with Gasteiger partial charge in [-0.15, -0.1) is 0 Å². The smallest absolute Gasteiger partial charge is 0.318 e. The summed E-state index contributed by atoms with van der Waals surface area (Å²) in [6.07, 6.45) is 1.47. The lowest BCUT2D eigenvalue weighted by Crippen LogP contribution is -2.25. The van der Waals surface area contributed by atoms with Crippen LogP contribution in [0.2, 0.25) is 0 Å². The van der Waals surface area contributed by atoms with Crippen molar-refractivity contribution in [3.8, 4) is 6.01 Å². The van der Waals surface area contributed by atoms with E-state index in [0.717, 1.165) is 0 Å². The molecule has 0 saturated carbocycles. The molecular weight excluding hydrogens is 156 g/mol. The van der Waals surface area contributed by atoms with E-state index in [0.29, 0.717) is 11.8 Å². The van der Waals surface area contributed by atoms with Crippen molar-refractivity contribution in [3.63, 3.8) is 0 Å². The second-order valence-electron chi connectivity index (χ2n) is 2.36. The lowest BCUT2D eigenvalue weighted by Gasteiger charge is -2.08. The Hall–Kier alpha value is -1.36. The first kappa shape index (κ1) is 8.73. The third-order valence-corrected chi connectivity index (χ3v) is 1.19. The Morgan fingerprint density at radius 2 is 2.42 bits per heavy atom. The summed E-state index contributed by atoms with van der Waals surface area (Å²) in [5.74, 6) is 0.664. The zero-order valence-corrected chi connectivity index (χ0v) is 7.11. The summed E-state index contributed by atoms with van der Waals surface area (Å²) in [6.45, 7) is 1.83. The zero-order chi connectivity index (χ0) is 8.97. The maximum Gasteiger partial charge on any atom is 0.318 e. The molecule has 0 amide bonds. The summed E-state index contributed by atoms with van der Waals surface area (Å²) in [5, 5.41) is 2.93. The minimum atomic E-state index is -0.135. The first-order chi connectivity index (χ1) is 5.72. The molecule has 1 atom stereocenters. The van der Waals surface area contributed by atoms with Gasteiger partial charge in [0.05, 0.1) is 13.3 Å². The number of ether oxygens (including phenoxy) is 1. The maximum atomic E-state index is 5.50. The van der Waals surface area contributed by atoms with Crippen molar-refractivity contribution >= 4 is 5.82 Å². The van der Waals surface area contributed by atoms with Crippen molar-refractivity contribution < 1.29 is 4.74 Å². The molecule has 66 valence electrons. The first-order valence-corrected chi connectivity index (χ1v) is 3.61. The second kappa shape index (κ2) is 3.87. The second-order valence-corrected chi connectivity index (χ2v) is 2.36. The van der Waals surface area contributed by atoms with Gasteiger partial charge >= 0.3 is 6.01 Å². The van der Waals surface area contributed by atoms with E-state index in [-0.39, 0.29) is 6.17 Å². The predicted molar refractivity (Wildman–Crippen MR) is 45.9 cm³/mol. The van der Waals surface area contributed by atoms with Crippen LogP contribution in [0.5, 0.6) is 6.01 Å². The molecule has 0 spiro atoms. The van der Waals surface area contributed by atoms with Crippen LogP contribution >= 0.6 is 0 Å². The van der Waals surface area contributed by atoms with E-state index >= 15 is 0 Å². The Labute approximate surface area is 71.0 Å². The number of nitrogens with zero attached hydrogens (tertiary/aromatic N) is 2. The van der Waals surface area contributed by atoms with Crippen LogP contribution < -0.4 is 15.8 Å². The van der Waals surface area contributed by atoms with Gasteiger partial charge in [-0.2, -0.15) is 4.98 Å². The van der Waals surface area contributed by atoms with E-state index in [2.05, 4.69) is 15.3 Å². The molecule has 1 unspecified atom stereocenters. The van der Waals surface area contributed by atoms with Crippen molar-refractivity contribution in [3.05, 3.63) is 12.3 Å². The van der Waals surface area contributed by atoms with E-state index in [1.165, 1.54) is 7.11 Å². The van der Waals surface area contributed by atoms with Gasteiger partial charge < -0.3 is 15.8 Å². The van der Waals surface area contributed by atoms with Crippen LogP contribution in [0.25, 0.3) is 0 Å². The molecule has 1 heterocycles. The number of nitrogens with one attached hydrogen (secondary N) is 1. The average Bonchev–Trinajstić information content (AvgIpc) is 2.03. The standard InChI is InChI=1S/C7H12N4O/c1-5(8)10-6-3-4-9-7(11-6)12-2/h3-5H,8H2,1-2H3,(H,9,10,11). The summed E-state index contributed by atoms with van der Waals surface area (Å²) in [7, 11) is 1.52. The molecule has 1 aromatic rings. The Morgan fingerprint density at radius 3 is 3.00 bits per heavy atom. The van der Waals surface area contributed by atoms with E-state index in [1.54, 1.807) is 12.3 Å². The van der Waals surface area contributed by atoms with Crippen LogP contribution in [-0.2, 0) is 0 Å². The lowest BCUT2D eigenvalue weighted by atomic mass is 10.5.